The first kappa shape index (κ1) is 18.3. The fourth-order valence-corrected chi connectivity index (χ4v) is 2.08. The van der Waals surface area contributed by atoms with Crippen LogP contribution >= 0.6 is 0 Å². The largest absolute Gasteiger partial charge is 0.497 e. The Hall–Kier alpha value is -3.03. The van der Waals surface area contributed by atoms with Crippen LogP contribution in [0, 0.1) is 6.92 Å². The number of ether oxygens (including phenoxy) is 3. The molecule has 2 aromatic rings. The summed E-state index contributed by atoms with van der Waals surface area (Å²) in [5.74, 6) is 1.18. The second kappa shape index (κ2) is 8.72. The van der Waals surface area contributed by atoms with E-state index in [1.54, 1.807) is 33.3 Å². The van der Waals surface area contributed by atoms with Crippen molar-refractivity contribution in [2.24, 2.45) is 0 Å². The van der Waals surface area contributed by atoms with Gasteiger partial charge in [-0.05, 0) is 31.0 Å². The smallest absolute Gasteiger partial charge is 0.306 e. The summed E-state index contributed by atoms with van der Waals surface area (Å²) in [7, 11) is 3.11. The number of carbonyl (C=O) groups is 2. The molecule has 0 saturated heterocycles. The number of methoxy groups -OCH3 is 2. The molecule has 0 fully saturated rings. The second-order valence-electron chi connectivity index (χ2n) is 5.25. The van der Waals surface area contributed by atoms with Crippen molar-refractivity contribution in [3.63, 3.8) is 0 Å². The maximum atomic E-state index is 11.8. The normalized spacial score (nSPS) is 10.2. The van der Waals surface area contributed by atoms with Gasteiger partial charge in [-0.3, -0.25) is 9.59 Å². The molecule has 0 spiro atoms. The highest BCUT2D eigenvalue weighted by Crippen LogP contribution is 2.23. The zero-order valence-corrected chi connectivity index (χ0v) is 14.3. The highest BCUT2D eigenvalue weighted by atomic mass is 16.5. The molecule has 0 bridgehead atoms. The van der Waals surface area contributed by atoms with Crippen molar-refractivity contribution in [1.82, 2.24) is 5.16 Å². The molecule has 1 amide bonds. The molecule has 0 aliphatic rings. The number of hydrogen-bond acceptors (Lipinski definition) is 7. The summed E-state index contributed by atoms with van der Waals surface area (Å²) in [6.07, 6.45) is 0.573. The van der Waals surface area contributed by atoms with Gasteiger partial charge < -0.3 is 24.1 Å². The van der Waals surface area contributed by atoms with E-state index in [0.717, 1.165) is 5.56 Å². The Morgan fingerprint density at radius 3 is 2.36 bits per heavy atom. The summed E-state index contributed by atoms with van der Waals surface area (Å²) in [5.41, 5.74) is 0.871. The fourth-order valence-electron chi connectivity index (χ4n) is 2.08. The SMILES string of the molecule is COc1cc(CCC(=O)OCC(=O)Nc2cc(C)on2)cc(OC)c1. The lowest BCUT2D eigenvalue weighted by atomic mass is 10.1. The molecule has 0 aliphatic heterocycles. The number of nitrogens with one attached hydrogen (secondary N) is 1. The molecule has 1 aromatic carbocycles. The van der Waals surface area contributed by atoms with Crippen LogP contribution in [-0.2, 0) is 20.7 Å². The molecule has 0 radical (unpaired) electrons. The summed E-state index contributed by atoms with van der Waals surface area (Å²) in [5, 5.41) is 6.09. The Balaban J connectivity index is 1.77. The molecule has 0 unspecified atom stereocenters. The van der Waals surface area contributed by atoms with Gasteiger partial charge in [0.1, 0.15) is 17.3 Å². The third-order valence-corrected chi connectivity index (χ3v) is 3.29. The van der Waals surface area contributed by atoms with Crippen LogP contribution in [0.2, 0.25) is 0 Å². The Morgan fingerprint density at radius 1 is 1.12 bits per heavy atom. The van der Waals surface area contributed by atoms with Gasteiger partial charge in [-0.2, -0.15) is 0 Å². The van der Waals surface area contributed by atoms with Crippen LogP contribution in [0.25, 0.3) is 0 Å². The molecular weight excluding hydrogens is 328 g/mol. The average molecular weight is 348 g/mol. The van der Waals surface area contributed by atoms with Crippen molar-refractivity contribution >= 4 is 17.7 Å². The Kier molecular flexibility index (Phi) is 6.39. The van der Waals surface area contributed by atoms with Crippen LogP contribution in [0.1, 0.15) is 17.7 Å². The van der Waals surface area contributed by atoms with Crippen molar-refractivity contribution in [1.29, 1.82) is 0 Å². The minimum Gasteiger partial charge on any atom is -0.497 e. The molecule has 2 rings (SSSR count). The zero-order chi connectivity index (χ0) is 18.2. The van der Waals surface area contributed by atoms with Gasteiger partial charge in [-0.25, -0.2) is 0 Å². The molecule has 1 heterocycles. The van der Waals surface area contributed by atoms with E-state index in [2.05, 4.69) is 10.5 Å². The number of aryl methyl sites for hydroxylation is 2. The summed E-state index contributed by atoms with van der Waals surface area (Å²) in [4.78, 5) is 23.5. The standard InChI is InChI=1S/C17H20N2O6/c1-11-6-15(19-25-11)18-16(20)10-24-17(21)5-4-12-7-13(22-2)9-14(8-12)23-3/h6-9H,4-5,10H2,1-3H3,(H,18,19,20). The van der Waals surface area contributed by atoms with E-state index in [0.29, 0.717) is 23.7 Å². The maximum absolute atomic E-state index is 11.8. The third kappa shape index (κ3) is 5.83. The topological polar surface area (TPSA) is 99.9 Å². The van der Waals surface area contributed by atoms with Crippen LogP contribution in [0.4, 0.5) is 5.82 Å². The number of nitrogens with zero attached hydrogens (tertiary/aromatic N) is 1. The lowest BCUT2D eigenvalue weighted by Crippen LogP contribution is -2.21. The second-order valence-corrected chi connectivity index (χ2v) is 5.25. The molecule has 0 saturated carbocycles. The van der Waals surface area contributed by atoms with E-state index < -0.39 is 11.9 Å². The van der Waals surface area contributed by atoms with Gasteiger partial charge in [0.2, 0.25) is 0 Å². The Bertz CT molecular complexity index is 718. The van der Waals surface area contributed by atoms with Crippen molar-refractivity contribution in [2.75, 3.05) is 26.1 Å². The van der Waals surface area contributed by atoms with Gasteiger partial charge in [0.15, 0.2) is 12.4 Å². The first-order valence-corrected chi connectivity index (χ1v) is 7.61. The predicted octanol–water partition coefficient (Wildman–Crippen LogP) is 2.11. The van der Waals surface area contributed by atoms with Gasteiger partial charge in [0.25, 0.3) is 5.91 Å². The van der Waals surface area contributed by atoms with E-state index >= 15 is 0 Å². The molecular formula is C17H20N2O6. The molecule has 1 N–H and O–H groups in total. The number of hydrogen-bond donors (Lipinski definition) is 1. The van der Waals surface area contributed by atoms with Crippen molar-refractivity contribution < 1.29 is 28.3 Å². The van der Waals surface area contributed by atoms with Gasteiger partial charge in [0.05, 0.1) is 14.2 Å². The van der Waals surface area contributed by atoms with Crippen LogP contribution in [0.5, 0.6) is 11.5 Å². The highest BCUT2D eigenvalue weighted by molar-refractivity contribution is 5.91. The van der Waals surface area contributed by atoms with Gasteiger partial charge in [-0.1, -0.05) is 5.16 Å². The van der Waals surface area contributed by atoms with Gasteiger partial charge in [-0.15, -0.1) is 0 Å². The summed E-state index contributed by atoms with van der Waals surface area (Å²) in [6.45, 7) is 1.32. The first-order valence-electron chi connectivity index (χ1n) is 7.61. The number of aromatic nitrogens is 1. The fraction of sp³-hybridized carbons (Fsp3) is 0.353. The number of carbonyl (C=O) groups excluding carboxylic acids is 2. The third-order valence-electron chi connectivity index (χ3n) is 3.29. The molecule has 25 heavy (non-hydrogen) atoms. The van der Waals surface area contributed by atoms with E-state index in [1.807, 2.05) is 12.1 Å². The van der Waals surface area contributed by atoms with Gasteiger partial charge in [0, 0.05) is 18.6 Å². The number of rotatable bonds is 8. The zero-order valence-electron chi connectivity index (χ0n) is 14.3. The average Bonchev–Trinajstić information content (AvgIpc) is 3.02. The van der Waals surface area contributed by atoms with Crippen molar-refractivity contribution in [2.45, 2.75) is 19.8 Å². The van der Waals surface area contributed by atoms with Crippen molar-refractivity contribution in [3.05, 3.63) is 35.6 Å². The molecule has 8 heteroatoms. The van der Waals surface area contributed by atoms with E-state index in [4.69, 9.17) is 18.7 Å². The summed E-state index contributed by atoms with van der Waals surface area (Å²) >= 11 is 0. The monoisotopic (exact) mass is 348 g/mol. The van der Waals surface area contributed by atoms with E-state index in [1.165, 1.54) is 0 Å². The predicted molar refractivity (Wildman–Crippen MR) is 88.7 cm³/mol. The highest BCUT2D eigenvalue weighted by Gasteiger charge is 2.11. The number of anilines is 1. The number of esters is 1. The van der Waals surface area contributed by atoms with Crippen LogP contribution < -0.4 is 14.8 Å². The number of amides is 1. The minimum atomic E-state index is -0.482. The Morgan fingerprint density at radius 2 is 1.80 bits per heavy atom. The van der Waals surface area contributed by atoms with Gasteiger partial charge >= 0.3 is 5.97 Å². The van der Waals surface area contributed by atoms with Crippen LogP contribution in [0.15, 0.2) is 28.8 Å². The maximum Gasteiger partial charge on any atom is 0.306 e. The van der Waals surface area contributed by atoms with E-state index in [9.17, 15) is 9.59 Å². The molecule has 134 valence electrons. The molecule has 0 atom stereocenters. The van der Waals surface area contributed by atoms with Crippen LogP contribution in [-0.4, -0.2) is 37.9 Å². The molecule has 1 aromatic heterocycles. The quantitative estimate of drug-likeness (QED) is 0.729. The van der Waals surface area contributed by atoms with Crippen molar-refractivity contribution in [3.8, 4) is 11.5 Å². The Labute approximate surface area is 145 Å². The first-order chi connectivity index (χ1) is 12.0. The lowest BCUT2D eigenvalue weighted by molar-refractivity contribution is -0.147. The van der Waals surface area contributed by atoms with E-state index in [-0.39, 0.29) is 18.8 Å². The molecule has 0 aliphatic carbocycles. The van der Waals surface area contributed by atoms with Crippen LogP contribution in [0.3, 0.4) is 0 Å². The summed E-state index contributed by atoms with van der Waals surface area (Å²) < 4.78 is 20.1. The molecule has 8 nitrogen and oxygen atoms in total. The summed E-state index contributed by atoms with van der Waals surface area (Å²) in [6, 6.07) is 6.94. The number of benzene rings is 1. The lowest BCUT2D eigenvalue weighted by Gasteiger charge is -2.08. The minimum absolute atomic E-state index is 0.132.